The van der Waals surface area contributed by atoms with Crippen LogP contribution in [-0.4, -0.2) is 9.13 Å². The van der Waals surface area contributed by atoms with E-state index in [1.54, 1.807) is 0 Å². The van der Waals surface area contributed by atoms with Gasteiger partial charge in [0.15, 0.2) is 0 Å². The Bertz CT molecular complexity index is 2740. The van der Waals surface area contributed by atoms with Crippen molar-refractivity contribution in [2.45, 2.75) is 0 Å². The van der Waals surface area contributed by atoms with E-state index in [2.05, 4.69) is 179 Å². The third-order valence-corrected chi connectivity index (χ3v) is 9.66. The lowest BCUT2D eigenvalue weighted by Gasteiger charge is -2.16. The largest absolute Gasteiger partial charge is 0.309 e. The molecule has 0 saturated heterocycles. The van der Waals surface area contributed by atoms with Gasteiger partial charge in [0.05, 0.1) is 27.8 Å². The Hall–Kier alpha value is -6.12. The maximum absolute atomic E-state index is 2.49. The summed E-state index contributed by atoms with van der Waals surface area (Å²) in [7, 11) is 0. The molecule has 0 fully saturated rings. The standard InChI is InChI=1S/C44H28N2/c1-2-15-32(16-3-1)45-40-23-10-8-19-36(40)38-22-12-21-35(44(38)45)31-25-26-42-39(28-31)37-20-9-11-24-41(37)46(42)43-33-17-6-4-13-29(33)27-30-14-5-7-18-34(30)43/h1-28H. The van der Waals surface area contributed by atoms with E-state index in [0.717, 1.165) is 0 Å². The van der Waals surface area contributed by atoms with Gasteiger partial charge < -0.3 is 9.13 Å². The van der Waals surface area contributed by atoms with Crippen molar-refractivity contribution in [1.29, 1.82) is 0 Å². The molecule has 2 nitrogen and oxygen atoms in total. The van der Waals surface area contributed by atoms with Crippen molar-refractivity contribution in [3.63, 3.8) is 0 Å². The van der Waals surface area contributed by atoms with Gasteiger partial charge in [0.1, 0.15) is 0 Å². The van der Waals surface area contributed by atoms with Gasteiger partial charge in [-0.3, -0.25) is 0 Å². The highest BCUT2D eigenvalue weighted by Gasteiger charge is 2.20. The molecule has 10 rings (SSSR count). The highest BCUT2D eigenvalue weighted by Crippen LogP contribution is 2.42. The van der Waals surface area contributed by atoms with Crippen LogP contribution in [-0.2, 0) is 0 Å². The SMILES string of the molecule is c1ccc(-n2c3ccccc3c3cccc(-c4ccc5c(c4)c4ccccc4n5-c4c5ccccc5cc5ccccc45)c32)cc1. The van der Waals surface area contributed by atoms with E-state index in [-0.39, 0.29) is 0 Å². The van der Waals surface area contributed by atoms with E-state index < -0.39 is 0 Å². The highest BCUT2D eigenvalue weighted by molar-refractivity contribution is 6.17. The van der Waals surface area contributed by atoms with E-state index in [1.807, 2.05) is 0 Å². The maximum atomic E-state index is 2.49. The molecule has 46 heavy (non-hydrogen) atoms. The monoisotopic (exact) mass is 584 g/mol. The lowest BCUT2D eigenvalue weighted by molar-refractivity contribution is 1.18. The second-order valence-electron chi connectivity index (χ2n) is 12.1. The topological polar surface area (TPSA) is 9.86 Å². The van der Waals surface area contributed by atoms with E-state index >= 15 is 0 Å². The van der Waals surface area contributed by atoms with Crippen molar-refractivity contribution in [1.82, 2.24) is 9.13 Å². The predicted molar refractivity (Wildman–Crippen MR) is 196 cm³/mol. The molecule has 0 aliphatic rings. The van der Waals surface area contributed by atoms with Gasteiger partial charge in [-0.15, -0.1) is 0 Å². The molecular weight excluding hydrogens is 556 g/mol. The van der Waals surface area contributed by atoms with E-state index in [9.17, 15) is 0 Å². The molecule has 8 aromatic carbocycles. The molecule has 0 bridgehead atoms. The lowest BCUT2D eigenvalue weighted by Crippen LogP contribution is -1.97. The zero-order chi connectivity index (χ0) is 30.2. The summed E-state index contributed by atoms with van der Waals surface area (Å²) in [4.78, 5) is 0. The minimum Gasteiger partial charge on any atom is -0.309 e. The molecule has 10 aromatic rings. The van der Waals surface area contributed by atoms with Crippen molar-refractivity contribution in [3.05, 3.63) is 170 Å². The number of benzene rings is 8. The molecule has 2 heteroatoms. The van der Waals surface area contributed by atoms with E-state index in [4.69, 9.17) is 0 Å². The first kappa shape index (κ1) is 25.2. The first-order valence-corrected chi connectivity index (χ1v) is 15.9. The number of nitrogens with zero attached hydrogens (tertiary/aromatic N) is 2. The van der Waals surface area contributed by atoms with Crippen LogP contribution in [0.5, 0.6) is 0 Å². The third-order valence-electron chi connectivity index (χ3n) is 9.66. The molecule has 0 N–H and O–H groups in total. The van der Waals surface area contributed by atoms with Gasteiger partial charge in [0.25, 0.3) is 0 Å². The van der Waals surface area contributed by atoms with Crippen LogP contribution in [0.3, 0.4) is 0 Å². The lowest BCUT2D eigenvalue weighted by atomic mass is 9.99. The quantitative estimate of drug-likeness (QED) is 0.183. The summed E-state index contributed by atoms with van der Waals surface area (Å²) in [6.45, 7) is 0. The van der Waals surface area contributed by atoms with Gasteiger partial charge in [-0.25, -0.2) is 0 Å². The highest BCUT2D eigenvalue weighted by atomic mass is 15.0. The van der Waals surface area contributed by atoms with Crippen LogP contribution in [0.15, 0.2) is 170 Å². The zero-order valence-corrected chi connectivity index (χ0v) is 25.1. The number of fused-ring (bicyclic) bond motifs is 8. The fourth-order valence-electron chi connectivity index (χ4n) is 7.71. The average Bonchev–Trinajstić information content (AvgIpc) is 3.64. The molecule has 0 aliphatic carbocycles. The first-order chi connectivity index (χ1) is 22.8. The number of aromatic nitrogens is 2. The van der Waals surface area contributed by atoms with E-state index in [1.165, 1.54) is 87.7 Å². The predicted octanol–water partition coefficient (Wildman–Crippen LogP) is 11.9. The smallest absolute Gasteiger partial charge is 0.0619 e. The normalized spacial score (nSPS) is 11.9. The summed E-state index contributed by atoms with van der Waals surface area (Å²) in [5, 5.41) is 10.1. The molecule has 0 saturated carbocycles. The minimum absolute atomic E-state index is 1.17. The summed E-state index contributed by atoms with van der Waals surface area (Å²) in [5.41, 5.74) is 9.72. The van der Waals surface area contributed by atoms with Crippen LogP contribution in [0, 0.1) is 0 Å². The van der Waals surface area contributed by atoms with Gasteiger partial charge >= 0.3 is 0 Å². The number of rotatable bonds is 3. The Morgan fingerprint density at radius 1 is 0.326 bits per heavy atom. The molecule has 214 valence electrons. The van der Waals surface area contributed by atoms with Crippen LogP contribution in [0.4, 0.5) is 0 Å². The molecule has 0 aliphatic heterocycles. The Balaban J connectivity index is 1.31. The third kappa shape index (κ3) is 3.53. The second-order valence-corrected chi connectivity index (χ2v) is 12.1. The van der Waals surface area contributed by atoms with Crippen molar-refractivity contribution in [3.8, 4) is 22.5 Å². The first-order valence-electron chi connectivity index (χ1n) is 15.9. The molecule has 0 spiro atoms. The van der Waals surface area contributed by atoms with Gasteiger partial charge in [-0.05, 0) is 58.8 Å². The molecule has 2 heterocycles. The zero-order valence-electron chi connectivity index (χ0n) is 25.1. The van der Waals surface area contributed by atoms with Crippen molar-refractivity contribution >= 4 is 65.2 Å². The fourth-order valence-corrected chi connectivity index (χ4v) is 7.71. The molecule has 0 atom stereocenters. The van der Waals surface area contributed by atoms with E-state index in [0.29, 0.717) is 0 Å². The molecular formula is C44H28N2. The summed E-state index contributed by atoms with van der Waals surface area (Å²) in [6.07, 6.45) is 0. The van der Waals surface area contributed by atoms with Gasteiger partial charge in [-0.2, -0.15) is 0 Å². The Kier molecular flexibility index (Phi) is 5.31. The minimum atomic E-state index is 1.17. The molecule has 0 amide bonds. The Morgan fingerprint density at radius 2 is 0.870 bits per heavy atom. The summed E-state index contributed by atoms with van der Waals surface area (Å²) >= 11 is 0. The maximum Gasteiger partial charge on any atom is 0.0619 e. The molecule has 0 unspecified atom stereocenters. The van der Waals surface area contributed by atoms with Gasteiger partial charge in [0.2, 0.25) is 0 Å². The van der Waals surface area contributed by atoms with Gasteiger partial charge in [0, 0.05) is 43.6 Å². The molecule has 2 aromatic heterocycles. The number of hydrogen-bond acceptors (Lipinski definition) is 0. The Labute approximate surface area is 266 Å². The fraction of sp³-hybridized carbons (Fsp3) is 0. The Morgan fingerprint density at radius 3 is 1.59 bits per heavy atom. The summed E-state index contributed by atoms with van der Waals surface area (Å²) in [6, 6.07) is 62.0. The van der Waals surface area contributed by atoms with Gasteiger partial charge in [-0.1, -0.05) is 127 Å². The number of hydrogen-bond donors (Lipinski definition) is 0. The van der Waals surface area contributed by atoms with Crippen molar-refractivity contribution in [2.24, 2.45) is 0 Å². The van der Waals surface area contributed by atoms with Crippen LogP contribution in [0.25, 0.3) is 87.7 Å². The van der Waals surface area contributed by atoms with Crippen LogP contribution >= 0.6 is 0 Å². The summed E-state index contributed by atoms with van der Waals surface area (Å²) < 4.78 is 4.91. The number of para-hydroxylation sites is 4. The van der Waals surface area contributed by atoms with Crippen molar-refractivity contribution < 1.29 is 0 Å². The summed E-state index contributed by atoms with van der Waals surface area (Å²) in [5.74, 6) is 0. The van der Waals surface area contributed by atoms with Crippen LogP contribution in [0.1, 0.15) is 0 Å². The average molecular weight is 585 g/mol. The van der Waals surface area contributed by atoms with Crippen LogP contribution in [0.2, 0.25) is 0 Å². The molecule has 0 radical (unpaired) electrons. The van der Waals surface area contributed by atoms with Crippen molar-refractivity contribution in [2.75, 3.05) is 0 Å². The second kappa shape index (κ2) is 9.69. The van der Waals surface area contributed by atoms with Crippen LogP contribution < -0.4 is 0 Å².